The summed E-state index contributed by atoms with van der Waals surface area (Å²) in [7, 11) is -1.05. The highest BCUT2D eigenvalue weighted by atomic mass is 32.2. The van der Waals surface area contributed by atoms with E-state index in [1.54, 1.807) is 24.3 Å². The molecule has 0 saturated heterocycles. The van der Waals surface area contributed by atoms with E-state index in [9.17, 15) is 22.4 Å². The Morgan fingerprint density at radius 2 is 1.62 bits per heavy atom. The molecule has 3 aromatic carbocycles. The van der Waals surface area contributed by atoms with Crippen molar-refractivity contribution in [3.05, 3.63) is 95.8 Å². The smallest absolute Gasteiger partial charge is 0.244 e. The topological polar surface area (TPSA) is 96.0 Å². The van der Waals surface area contributed by atoms with Crippen molar-refractivity contribution < 1.29 is 27.1 Å². The largest absolute Gasteiger partial charge is 0.497 e. The number of carbonyl (C=O) groups excluding carboxylic acids is 2. The number of nitrogens with one attached hydrogen (secondary N) is 1. The minimum atomic E-state index is -4.04. The number of halogens is 1. The number of amides is 2. The van der Waals surface area contributed by atoms with Crippen LogP contribution in [0.2, 0.25) is 0 Å². The van der Waals surface area contributed by atoms with Crippen LogP contribution in [-0.2, 0) is 32.6 Å². The van der Waals surface area contributed by atoms with Gasteiger partial charge in [0.05, 0.1) is 19.1 Å². The molecule has 0 radical (unpaired) electrons. The van der Waals surface area contributed by atoms with Crippen molar-refractivity contribution in [3.8, 4) is 5.75 Å². The zero-order valence-corrected chi connectivity index (χ0v) is 21.7. The Labute approximate surface area is 216 Å². The molecule has 0 spiro atoms. The number of hydrogen-bond donors (Lipinski definition) is 1. The fraction of sp³-hybridized carbons (Fsp3) is 0.259. The Morgan fingerprint density at radius 1 is 0.973 bits per heavy atom. The SMILES string of the molecule is CNC(=O)[C@@H](Cc1ccccc1)N(Cc1cccc(OC)c1)C(=O)CN(c1ccccc1F)S(C)(=O)=O. The predicted octanol–water partition coefficient (Wildman–Crippen LogP) is 2.99. The molecule has 1 atom stereocenters. The molecule has 0 aromatic heterocycles. The zero-order valence-electron chi connectivity index (χ0n) is 20.9. The van der Waals surface area contributed by atoms with Crippen molar-refractivity contribution in [2.24, 2.45) is 0 Å². The Kier molecular flexibility index (Phi) is 9.24. The van der Waals surface area contributed by atoms with E-state index in [-0.39, 0.29) is 18.7 Å². The lowest BCUT2D eigenvalue weighted by Gasteiger charge is -2.33. The number of rotatable bonds is 11. The predicted molar refractivity (Wildman–Crippen MR) is 140 cm³/mol. The molecule has 0 fully saturated rings. The summed E-state index contributed by atoms with van der Waals surface area (Å²) in [5, 5.41) is 2.60. The number of sulfonamides is 1. The first-order valence-corrected chi connectivity index (χ1v) is 13.4. The third-order valence-electron chi connectivity index (χ3n) is 5.80. The maximum atomic E-state index is 14.6. The average Bonchev–Trinajstić information content (AvgIpc) is 2.89. The van der Waals surface area contributed by atoms with Gasteiger partial charge in [0.25, 0.3) is 0 Å². The van der Waals surface area contributed by atoms with Gasteiger partial charge in [-0.25, -0.2) is 12.8 Å². The zero-order chi connectivity index (χ0) is 27.0. The molecule has 0 bridgehead atoms. The van der Waals surface area contributed by atoms with Crippen LogP contribution in [0.3, 0.4) is 0 Å². The molecule has 196 valence electrons. The number of nitrogens with zero attached hydrogens (tertiary/aromatic N) is 2. The monoisotopic (exact) mass is 527 g/mol. The van der Waals surface area contributed by atoms with E-state index >= 15 is 0 Å². The molecule has 8 nitrogen and oxygen atoms in total. The number of anilines is 1. The van der Waals surface area contributed by atoms with Crippen LogP contribution in [0.5, 0.6) is 5.75 Å². The van der Waals surface area contributed by atoms with E-state index in [2.05, 4.69) is 5.32 Å². The highest BCUT2D eigenvalue weighted by Crippen LogP contribution is 2.23. The second-order valence-corrected chi connectivity index (χ2v) is 10.3. The second kappa shape index (κ2) is 12.4. The average molecular weight is 528 g/mol. The van der Waals surface area contributed by atoms with Gasteiger partial charge in [0.15, 0.2) is 0 Å². The molecule has 0 aliphatic rings. The first-order chi connectivity index (χ1) is 17.6. The second-order valence-electron chi connectivity index (χ2n) is 8.41. The van der Waals surface area contributed by atoms with E-state index in [4.69, 9.17) is 4.74 Å². The van der Waals surface area contributed by atoms with Gasteiger partial charge in [-0.15, -0.1) is 0 Å². The first kappa shape index (κ1) is 27.7. The van der Waals surface area contributed by atoms with Gasteiger partial charge < -0.3 is 15.0 Å². The highest BCUT2D eigenvalue weighted by Gasteiger charge is 2.33. The van der Waals surface area contributed by atoms with Gasteiger partial charge in [0.2, 0.25) is 21.8 Å². The molecule has 0 aliphatic carbocycles. The Balaban J connectivity index is 2.04. The van der Waals surface area contributed by atoms with Crippen LogP contribution in [0.15, 0.2) is 78.9 Å². The summed E-state index contributed by atoms with van der Waals surface area (Å²) >= 11 is 0. The van der Waals surface area contributed by atoms with Crippen molar-refractivity contribution in [3.63, 3.8) is 0 Å². The molecular weight excluding hydrogens is 497 g/mol. The molecule has 3 rings (SSSR count). The van der Waals surface area contributed by atoms with Gasteiger partial charge in [0, 0.05) is 20.0 Å². The number of carbonyl (C=O) groups is 2. The Bertz CT molecular complexity index is 1330. The van der Waals surface area contributed by atoms with Gasteiger partial charge in [-0.1, -0.05) is 54.6 Å². The number of ether oxygens (including phenoxy) is 1. The minimum Gasteiger partial charge on any atom is -0.497 e. The standard InChI is InChI=1S/C27H30FN3O5S/c1-29-27(33)25(17-20-10-5-4-6-11-20)30(18-21-12-9-13-22(16-21)36-2)26(32)19-31(37(3,34)35)24-15-8-7-14-23(24)28/h4-16,25H,17-19H2,1-3H3,(H,29,33)/t25-/m1/s1. The molecule has 3 aromatic rings. The van der Waals surface area contributed by atoms with Gasteiger partial charge in [0.1, 0.15) is 24.2 Å². The third kappa shape index (κ3) is 7.29. The molecule has 10 heteroatoms. The number of likely N-dealkylation sites (N-methyl/N-ethyl adjacent to an activating group) is 1. The van der Waals surface area contributed by atoms with Gasteiger partial charge in [-0.05, 0) is 35.4 Å². The quantitative estimate of drug-likeness (QED) is 0.414. The number of benzene rings is 3. The lowest BCUT2D eigenvalue weighted by molar-refractivity contribution is -0.139. The molecule has 2 amide bonds. The van der Waals surface area contributed by atoms with Crippen molar-refractivity contribution in [1.29, 1.82) is 0 Å². The number of hydrogen-bond acceptors (Lipinski definition) is 5. The van der Waals surface area contributed by atoms with E-state index in [1.807, 2.05) is 30.3 Å². The first-order valence-electron chi connectivity index (χ1n) is 11.5. The van der Waals surface area contributed by atoms with E-state index in [0.29, 0.717) is 15.6 Å². The normalized spacial score (nSPS) is 11.9. The van der Waals surface area contributed by atoms with E-state index in [0.717, 1.165) is 17.9 Å². The van der Waals surface area contributed by atoms with Crippen molar-refractivity contribution in [1.82, 2.24) is 10.2 Å². The molecule has 1 N–H and O–H groups in total. The summed E-state index contributed by atoms with van der Waals surface area (Å²) in [5.74, 6) is -1.31. The Hall–Kier alpha value is -3.92. The van der Waals surface area contributed by atoms with Gasteiger partial charge in [-0.3, -0.25) is 13.9 Å². The van der Waals surface area contributed by atoms with Gasteiger partial charge in [-0.2, -0.15) is 0 Å². The Morgan fingerprint density at radius 3 is 2.24 bits per heavy atom. The lowest BCUT2D eigenvalue weighted by atomic mass is 10.0. The van der Waals surface area contributed by atoms with Crippen LogP contribution in [0, 0.1) is 5.82 Å². The highest BCUT2D eigenvalue weighted by molar-refractivity contribution is 7.92. The maximum Gasteiger partial charge on any atom is 0.244 e. The van der Waals surface area contributed by atoms with Crippen LogP contribution >= 0.6 is 0 Å². The summed E-state index contributed by atoms with van der Waals surface area (Å²) in [6.45, 7) is -0.693. The molecule has 37 heavy (non-hydrogen) atoms. The summed E-state index contributed by atoms with van der Waals surface area (Å²) in [5.41, 5.74) is 1.24. The van der Waals surface area contributed by atoms with Crippen LogP contribution in [-0.4, -0.2) is 58.1 Å². The fourth-order valence-corrected chi connectivity index (χ4v) is 4.79. The molecule has 0 heterocycles. The molecule has 0 unspecified atom stereocenters. The summed E-state index contributed by atoms with van der Waals surface area (Å²) in [6.07, 6.45) is 1.09. The van der Waals surface area contributed by atoms with Gasteiger partial charge >= 0.3 is 0 Å². The summed E-state index contributed by atoms with van der Waals surface area (Å²) in [4.78, 5) is 28.2. The molecule has 0 saturated carbocycles. The number of methoxy groups -OCH3 is 1. The third-order valence-corrected chi connectivity index (χ3v) is 6.93. The number of para-hydroxylation sites is 1. The summed E-state index contributed by atoms with van der Waals surface area (Å²) in [6, 6.07) is 20.5. The van der Waals surface area contributed by atoms with Crippen molar-refractivity contribution in [2.45, 2.75) is 19.0 Å². The molecular formula is C27H30FN3O5S. The minimum absolute atomic E-state index is 0.00414. The van der Waals surface area contributed by atoms with Crippen LogP contribution in [0.1, 0.15) is 11.1 Å². The van der Waals surface area contributed by atoms with Crippen LogP contribution < -0.4 is 14.4 Å². The van der Waals surface area contributed by atoms with E-state index in [1.165, 1.54) is 37.3 Å². The van der Waals surface area contributed by atoms with Crippen LogP contribution in [0.25, 0.3) is 0 Å². The van der Waals surface area contributed by atoms with Crippen molar-refractivity contribution >= 4 is 27.5 Å². The molecule has 0 aliphatic heterocycles. The van der Waals surface area contributed by atoms with Crippen molar-refractivity contribution in [2.75, 3.05) is 31.3 Å². The fourth-order valence-electron chi connectivity index (χ4n) is 3.94. The summed E-state index contributed by atoms with van der Waals surface area (Å²) < 4.78 is 45.8. The lowest BCUT2D eigenvalue weighted by Crippen LogP contribution is -2.53. The maximum absolute atomic E-state index is 14.6. The van der Waals surface area contributed by atoms with E-state index < -0.39 is 40.2 Å². The van der Waals surface area contributed by atoms with Crippen LogP contribution in [0.4, 0.5) is 10.1 Å².